The van der Waals surface area contributed by atoms with Crippen LogP contribution in [0.5, 0.6) is 0 Å². The molecule has 5 rings (SSSR count). The highest BCUT2D eigenvalue weighted by molar-refractivity contribution is 5.83. The molecule has 258 valence electrons. The summed E-state index contributed by atoms with van der Waals surface area (Å²) in [6, 6.07) is 15.8. The summed E-state index contributed by atoms with van der Waals surface area (Å²) >= 11 is 0. The van der Waals surface area contributed by atoms with Crippen molar-refractivity contribution in [2.45, 2.75) is 50.6 Å². The van der Waals surface area contributed by atoms with Crippen molar-refractivity contribution in [3.63, 3.8) is 0 Å². The van der Waals surface area contributed by atoms with Gasteiger partial charge in [-0.25, -0.2) is 9.18 Å². The molecular weight excluding hydrogens is 649 g/mol. The molecule has 7 nitrogen and oxygen atoms in total. The van der Waals surface area contributed by atoms with Gasteiger partial charge in [0, 0.05) is 25.6 Å². The second-order valence-electron chi connectivity index (χ2n) is 11.8. The third-order valence-corrected chi connectivity index (χ3v) is 8.48. The largest absolute Gasteiger partial charge is 0.445 e. The molecule has 3 aromatic carbocycles. The van der Waals surface area contributed by atoms with Crippen LogP contribution in [0.2, 0.25) is 0 Å². The number of hydrogen-bond acceptors (Lipinski definition) is 5. The minimum absolute atomic E-state index is 0.0460. The van der Waals surface area contributed by atoms with Crippen LogP contribution in [-0.2, 0) is 38.0 Å². The van der Waals surface area contributed by atoms with Gasteiger partial charge >= 0.3 is 18.4 Å². The number of halogens is 7. The highest BCUT2D eigenvalue weighted by Crippen LogP contribution is 2.42. The van der Waals surface area contributed by atoms with Crippen molar-refractivity contribution in [2.75, 3.05) is 32.8 Å². The number of alkyl halides is 6. The first-order valence-electron chi connectivity index (χ1n) is 15.2. The molecule has 0 unspecified atom stereocenters. The van der Waals surface area contributed by atoms with Crippen molar-refractivity contribution in [2.24, 2.45) is 5.92 Å². The van der Waals surface area contributed by atoms with Gasteiger partial charge in [-0.3, -0.25) is 9.69 Å². The normalized spacial score (nSPS) is 21.2. The van der Waals surface area contributed by atoms with Crippen LogP contribution in [0.1, 0.15) is 53.2 Å². The Hall–Kier alpha value is -4.17. The molecule has 3 aromatic rings. The van der Waals surface area contributed by atoms with Crippen LogP contribution in [0.4, 0.5) is 35.5 Å². The van der Waals surface area contributed by atoms with E-state index in [0.717, 1.165) is 5.56 Å². The fourth-order valence-corrected chi connectivity index (χ4v) is 5.93. The fourth-order valence-electron chi connectivity index (χ4n) is 5.93. The van der Waals surface area contributed by atoms with Gasteiger partial charge in [0.15, 0.2) is 6.29 Å². The maximum atomic E-state index is 13.9. The van der Waals surface area contributed by atoms with Crippen molar-refractivity contribution in [3.05, 3.63) is 106 Å². The highest BCUT2D eigenvalue weighted by atomic mass is 19.4. The first-order valence-corrected chi connectivity index (χ1v) is 15.2. The number of carbonyl (C=O) groups is 2. The van der Waals surface area contributed by atoms with E-state index in [1.807, 2.05) is 18.2 Å². The zero-order chi connectivity index (χ0) is 34.6. The summed E-state index contributed by atoms with van der Waals surface area (Å²) in [6.07, 6.45) is -12.7. The number of ether oxygens (including phenoxy) is 3. The van der Waals surface area contributed by atoms with Crippen molar-refractivity contribution < 1.29 is 54.5 Å². The number of piperazine rings is 1. The highest BCUT2D eigenvalue weighted by Gasteiger charge is 2.41. The van der Waals surface area contributed by atoms with Crippen LogP contribution in [0.15, 0.2) is 72.8 Å². The first-order chi connectivity index (χ1) is 22.7. The van der Waals surface area contributed by atoms with Gasteiger partial charge in [-0.2, -0.15) is 26.3 Å². The van der Waals surface area contributed by atoms with Crippen LogP contribution in [0.25, 0.3) is 0 Å². The number of carbonyl (C=O) groups excluding carboxylic acids is 2. The quantitative estimate of drug-likeness (QED) is 0.230. The lowest BCUT2D eigenvalue weighted by molar-refractivity contribution is -0.210. The van der Waals surface area contributed by atoms with Crippen molar-refractivity contribution >= 4 is 12.0 Å². The summed E-state index contributed by atoms with van der Waals surface area (Å²) in [6.45, 7) is 1.86. The third-order valence-electron chi connectivity index (χ3n) is 8.48. The Morgan fingerprint density at radius 1 is 0.938 bits per heavy atom. The molecule has 0 radical (unpaired) electrons. The molecule has 0 aromatic heterocycles. The van der Waals surface area contributed by atoms with Crippen LogP contribution in [-0.4, -0.2) is 60.9 Å². The molecule has 2 aliphatic rings. The molecule has 48 heavy (non-hydrogen) atoms. The molecule has 0 spiro atoms. The number of amides is 2. The zero-order valence-electron chi connectivity index (χ0n) is 25.8. The van der Waals surface area contributed by atoms with Crippen LogP contribution >= 0.6 is 0 Å². The third kappa shape index (κ3) is 8.64. The maximum Gasteiger partial charge on any atom is 0.416 e. The van der Waals surface area contributed by atoms with Gasteiger partial charge in [-0.05, 0) is 66.3 Å². The van der Waals surface area contributed by atoms with Crippen LogP contribution in [0, 0.1) is 11.7 Å². The molecule has 0 N–H and O–H groups in total. The Morgan fingerprint density at radius 2 is 1.58 bits per heavy atom. The Morgan fingerprint density at radius 3 is 2.19 bits per heavy atom. The van der Waals surface area contributed by atoms with Gasteiger partial charge in [0.25, 0.3) is 0 Å². The Kier molecular flexibility index (Phi) is 10.6. The number of nitrogens with zero attached hydrogens (tertiary/aromatic N) is 2. The molecule has 2 saturated heterocycles. The van der Waals surface area contributed by atoms with E-state index in [1.54, 1.807) is 17.0 Å². The summed E-state index contributed by atoms with van der Waals surface area (Å²) in [5.41, 5.74) is -1.95. The summed E-state index contributed by atoms with van der Waals surface area (Å²) in [4.78, 5) is 28.7. The second kappa shape index (κ2) is 14.5. The zero-order valence-corrected chi connectivity index (χ0v) is 25.8. The monoisotopic (exact) mass is 682 g/mol. The number of benzene rings is 3. The lowest BCUT2D eigenvalue weighted by Crippen LogP contribution is -2.54. The number of hydrogen-bond donors (Lipinski definition) is 0. The molecule has 2 amide bonds. The molecule has 4 atom stereocenters. The standard InChI is InChI=1S/C34H33F7N2O5/c1-21(25-15-26(33(36,37)38)17-27(16-25)34(39,40)41)48-31-30(23-7-9-28(35)10-8-23)24(11-14-46-31)18-42-12-13-43(19-29(42)44)32(45)47-20-22-5-3-2-4-6-22/h2-10,15-17,21,24,30-31H,11-14,18-20H2,1H3/t21-,24+,30+,31-/m1/s1. The molecular formula is C34H33F7N2O5. The summed E-state index contributed by atoms with van der Waals surface area (Å²) in [5, 5.41) is 0. The van der Waals surface area contributed by atoms with Crippen molar-refractivity contribution in [1.29, 1.82) is 0 Å². The van der Waals surface area contributed by atoms with Crippen molar-refractivity contribution in [3.8, 4) is 0 Å². The van der Waals surface area contributed by atoms with E-state index in [-0.39, 0.29) is 62.8 Å². The lowest BCUT2D eigenvalue weighted by Gasteiger charge is -2.42. The van der Waals surface area contributed by atoms with Gasteiger partial charge in [-0.1, -0.05) is 42.5 Å². The van der Waals surface area contributed by atoms with Gasteiger partial charge in [0.1, 0.15) is 19.0 Å². The van der Waals surface area contributed by atoms with E-state index >= 15 is 0 Å². The Balaban J connectivity index is 1.31. The molecule has 14 heteroatoms. The maximum absolute atomic E-state index is 13.9. The molecule has 2 aliphatic heterocycles. The SMILES string of the molecule is C[C@@H](O[C@H]1OCC[C@@H](CN2CCN(C(=O)OCc3ccccc3)CC2=O)[C@@H]1c1ccc(F)cc1)c1cc(C(F)(F)F)cc(C(F)(F)F)c1. The molecule has 0 aliphatic carbocycles. The minimum Gasteiger partial charge on any atom is -0.445 e. The van der Waals surface area contributed by atoms with Gasteiger partial charge < -0.3 is 19.1 Å². The predicted octanol–water partition coefficient (Wildman–Crippen LogP) is 7.57. The Bertz CT molecular complexity index is 1530. The van der Waals surface area contributed by atoms with Crippen LogP contribution < -0.4 is 0 Å². The smallest absolute Gasteiger partial charge is 0.416 e. The average Bonchev–Trinajstić information content (AvgIpc) is 3.04. The summed E-state index contributed by atoms with van der Waals surface area (Å²) in [7, 11) is 0. The van der Waals surface area contributed by atoms with Crippen molar-refractivity contribution in [1.82, 2.24) is 9.80 Å². The lowest BCUT2D eigenvalue weighted by atomic mass is 9.81. The van der Waals surface area contributed by atoms with E-state index in [0.29, 0.717) is 24.1 Å². The van der Waals surface area contributed by atoms with E-state index in [4.69, 9.17) is 14.2 Å². The molecule has 0 saturated carbocycles. The molecule has 2 fully saturated rings. The average molecular weight is 683 g/mol. The van der Waals surface area contributed by atoms with Crippen LogP contribution in [0.3, 0.4) is 0 Å². The van der Waals surface area contributed by atoms with Gasteiger partial charge in [-0.15, -0.1) is 0 Å². The summed E-state index contributed by atoms with van der Waals surface area (Å²) in [5.74, 6) is -1.88. The van der Waals surface area contributed by atoms with E-state index in [1.165, 1.54) is 36.1 Å². The Labute approximate surface area is 272 Å². The molecule has 2 heterocycles. The van der Waals surface area contributed by atoms with E-state index in [2.05, 4.69) is 0 Å². The first kappa shape index (κ1) is 35.1. The van der Waals surface area contributed by atoms with Gasteiger partial charge in [0.2, 0.25) is 5.91 Å². The van der Waals surface area contributed by atoms with Gasteiger partial charge in [0.05, 0.1) is 23.8 Å². The number of rotatable bonds is 8. The topological polar surface area (TPSA) is 68.3 Å². The summed E-state index contributed by atoms with van der Waals surface area (Å²) < 4.78 is 112. The minimum atomic E-state index is -5.03. The fraction of sp³-hybridized carbons (Fsp3) is 0.412. The molecule has 0 bridgehead atoms. The van der Waals surface area contributed by atoms with E-state index < -0.39 is 53.7 Å². The second-order valence-corrected chi connectivity index (χ2v) is 11.8. The van der Waals surface area contributed by atoms with E-state index in [9.17, 15) is 40.3 Å². The predicted molar refractivity (Wildman–Crippen MR) is 158 cm³/mol.